The molecule has 0 amide bonds. The maximum atomic E-state index is 12.6. The summed E-state index contributed by atoms with van der Waals surface area (Å²) in [7, 11) is -3.83. The summed E-state index contributed by atoms with van der Waals surface area (Å²) in [5.41, 5.74) is 0.716. The fourth-order valence-corrected chi connectivity index (χ4v) is 4.41. The van der Waals surface area contributed by atoms with Gasteiger partial charge < -0.3 is 0 Å². The summed E-state index contributed by atoms with van der Waals surface area (Å²) in [6.45, 7) is 3.43. The van der Waals surface area contributed by atoms with Crippen LogP contribution in [0.5, 0.6) is 0 Å². The third kappa shape index (κ3) is 2.50. The van der Waals surface area contributed by atoms with Gasteiger partial charge in [0.05, 0.1) is 16.4 Å². The molecule has 21 heavy (non-hydrogen) atoms. The second-order valence-electron chi connectivity index (χ2n) is 4.40. The van der Waals surface area contributed by atoms with Gasteiger partial charge in [0.2, 0.25) is 9.99 Å². The van der Waals surface area contributed by atoms with Crippen molar-refractivity contribution in [1.82, 2.24) is 14.6 Å². The number of imidazole rings is 1. The van der Waals surface area contributed by atoms with Crippen molar-refractivity contribution in [3.63, 3.8) is 0 Å². The summed E-state index contributed by atoms with van der Waals surface area (Å²) in [6.07, 6.45) is 0. The first-order chi connectivity index (χ1) is 9.88. The number of nitrogens with zero attached hydrogens (tertiary/aromatic N) is 3. The van der Waals surface area contributed by atoms with Gasteiger partial charge in [-0.05, 0) is 26.0 Å². The highest BCUT2D eigenvalue weighted by Gasteiger charge is 2.26. The third-order valence-electron chi connectivity index (χ3n) is 2.80. The Morgan fingerprint density at radius 1 is 1.29 bits per heavy atom. The zero-order valence-electron chi connectivity index (χ0n) is 11.2. The van der Waals surface area contributed by atoms with E-state index in [1.807, 2.05) is 0 Å². The van der Waals surface area contributed by atoms with E-state index < -0.39 is 10.0 Å². The summed E-state index contributed by atoms with van der Waals surface area (Å²) in [5.74, 6) is 0. The van der Waals surface area contributed by atoms with Gasteiger partial charge in [0.15, 0.2) is 0 Å². The Morgan fingerprint density at radius 2 is 2.00 bits per heavy atom. The lowest BCUT2D eigenvalue weighted by Crippen LogP contribution is -2.17. The zero-order chi connectivity index (χ0) is 15.2. The van der Waals surface area contributed by atoms with Crippen LogP contribution in [0.2, 0.25) is 5.02 Å². The van der Waals surface area contributed by atoms with Gasteiger partial charge in [0, 0.05) is 0 Å². The van der Waals surface area contributed by atoms with Crippen molar-refractivity contribution in [2.75, 3.05) is 4.72 Å². The first-order valence-corrected chi connectivity index (χ1v) is 8.66. The van der Waals surface area contributed by atoms with Crippen LogP contribution in [-0.2, 0) is 10.0 Å². The van der Waals surface area contributed by atoms with Crippen LogP contribution in [0.15, 0.2) is 29.3 Å². The predicted octanol–water partition coefficient (Wildman–Crippen LogP) is 2.86. The van der Waals surface area contributed by atoms with Crippen molar-refractivity contribution in [3.8, 4) is 0 Å². The van der Waals surface area contributed by atoms with E-state index in [-0.39, 0.29) is 5.03 Å². The van der Waals surface area contributed by atoms with E-state index in [0.29, 0.717) is 21.4 Å². The fourth-order valence-electron chi connectivity index (χ4n) is 1.97. The molecule has 110 valence electrons. The Balaban J connectivity index is 2.12. The fraction of sp³-hybridized carbons (Fsp3) is 0.167. The van der Waals surface area contributed by atoms with E-state index in [2.05, 4.69) is 14.8 Å². The molecule has 3 aromatic rings. The van der Waals surface area contributed by atoms with Crippen LogP contribution in [0, 0.1) is 13.8 Å². The van der Waals surface area contributed by atoms with Gasteiger partial charge in [0.1, 0.15) is 5.01 Å². The van der Waals surface area contributed by atoms with Crippen LogP contribution in [0.4, 0.5) is 5.69 Å². The molecule has 0 fully saturated rings. The smallest absolute Gasteiger partial charge is 0.277 e. The van der Waals surface area contributed by atoms with Crippen molar-refractivity contribution >= 4 is 43.6 Å². The zero-order valence-corrected chi connectivity index (χ0v) is 13.6. The van der Waals surface area contributed by atoms with E-state index >= 15 is 0 Å². The third-order valence-corrected chi connectivity index (χ3v) is 5.42. The molecular formula is C12H11ClN4O2S2. The predicted molar refractivity (Wildman–Crippen MR) is 82.6 cm³/mol. The van der Waals surface area contributed by atoms with Crippen LogP contribution >= 0.6 is 22.9 Å². The molecule has 0 atom stereocenters. The average Bonchev–Trinajstić information content (AvgIpc) is 2.86. The molecule has 0 aliphatic carbocycles. The van der Waals surface area contributed by atoms with E-state index in [1.54, 1.807) is 38.1 Å². The Labute approximate surface area is 130 Å². The molecule has 0 unspecified atom stereocenters. The summed E-state index contributed by atoms with van der Waals surface area (Å²) < 4.78 is 29.0. The first-order valence-electron chi connectivity index (χ1n) is 5.98. The minimum absolute atomic E-state index is 0.0294. The van der Waals surface area contributed by atoms with Crippen molar-refractivity contribution in [2.45, 2.75) is 18.9 Å². The van der Waals surface area contributed by atoms with E-state index in [1.165, 1.54) is 15.9 Å². The molecule has 0 saturated heterocycles. The lowest BCUT2D eigenvalue weighted by atomic mass is 10.3. The lowest BCUT2D eigenvalue weighted by Gasteiger charge is -2.08. The number of aromatic nitrogens is 3. The molecule has 3 rings (SSSR count). The van der Waals surface area contributed by atoms with Crippen LogP contribution < -0.4 is 4.72 Å². The highest BCUT2D eigenvalue weighted by Crippen LogP contribution is 2.26. The molecule has 6 nitrogen and oxygen atoms in total. The van der Waals surface area contributed by atoms with E-state index in [4.69, 9.17) is 11.6 Å². The summed E-state index contributed by atoms with van der Waals surface area (Å²) >= 11 is 7.33. The molecule has 0 aliphatic heterocycles. The van der Waals surface area contributed by atoms with Crippen LogP contribution in [0.25, 0.3) is 4.96 Å². The summed E-state index contributed by atoms with van der Waals surface area (Å²) in [6, 6.07) is 6.65. The minimum atomic E-state index is -3.83. The van der Waals surface area contributed by atoms with E-state index in [9.17, 15) is 8.42 Å². The molecular weight excluding hydrogens is 332 g/mol. The molecule has 0 spiro atoms. The Bertz CT molecular complexity index is 930. The molecule has 0 bridgehead atoms. The molecule has 0 radical (unpaired) electrons. The standard InChI is InChI=1S/C12H11ClN4O2S2/c1-7-11(17-12(14-7)20-8(2)15-17)21(18,19)16-10-6-4-3-5-9(10)13/h3-6,16H,1-2H3. The van der Waals surface area contributed by atoms with Crippen molar-refractivity contribution in [3.05, 3.63) is 40.0 Å². The highest BCUT2D eigenvalue weighted by atomic mass is 35.5. The molecule has 0 saturated carbocycles. The van der Waals surface area contributed by atoms with Gasteiger partial charge in [-0.2, -0.15) is 18.0 Å². The van der Waals surface area contributed by atoms with Crippen molar-refractivity contribution in [2.24, 2.45) is 0 Å². The molecule has 2 aromatic heterocycles. The number of aryl methyl sites for hydroxylation is 2. The van der Waals surface area contributed by atoms with Crippen molar-refractivity contribution < 1.29 is 8.42 Å². The molecule has 2 heterocycles. The first kappa shape index (κ1) is 14.3. The SMILES string of the molecule is Cc1nn2c(S(=O)(=O)Nc3ccccc3Cl)c(C)nc2s1. The molecule has 0 aliphatic rings. The van der Waals surface area contributed by atoms with Gasteiger partial charge in [-0.25, -0.2) is 4.98 Å². The minimum Gasteiger partial charge on any atom is -0.277 e. The number of para-hydroxylation sites is 1. The average molecular weight is 343 g/mol. The molecule has 1 aromatic carbocycles. The van der Waals surface area contributed by atoms with Gasteiger partial charge in [-0.1, -0.05) is 35.1 Å². The van der Waals surface area contributed by atoms with Crippen LogP contribution in [0.1, 0.15) is 10.7 Å². The normalized spacial score (nSPS) is 12.0. The van der Waals surface area contributed by atoms with Crippen LogP contribution in [0.3, 0.4) is 0 Å². The molecule has 9 heteroatoms. The maximum absolute atomic E-state index is 12.6. The number of rotatable bonds is 3. The maximum Gasteiger partial charge on any atom is 0.281 e. The largest absolute Gasteiger partial charge is 0.281 e. The number of hydrogen-bond donors (Lipinski definition) is 1. The van der Waals surface area contributed by atoms with E-state index in [0.717, 1.165) is 5.01 Å². The number of hydrogen-bond acceptors (Lipinski definition) is 5. The number of anilines is 1. The topological polar surface area (TPSA) is 76.4 Å². The number of nitrogens with one attached hydrogen (secondary N) is 1. The van der Waals surface area contributed by atoms with Gasteiger partial charge in [0.25, 0.3) is 10.0 Å². The van der Waals surface area contributed by atoms with Gasteiger partial charge >= 0.3 is 0 Å². The second kappa shape index (κ2) is 4.97. The molecule has 1 N–H and O–H groups in total. The quantitative estimate of drug-likeness (QED) is 0.794. The number of benzene rings is 1. The van der Waals surface area contributed by atoms with Gasteiger partial charge in [-0.15, -0.1) is 0 Å². The number of fused-ring (bicyclic) bond motifs is 1. The van der Waals surface area contributed by atoms with Crippen molar-refractivity contribution in [1.29, 1.82) is 0 Å². The number of halogens is 1. The van der Waals surface area contributed by atoms with Crippen LogP contribution in [-0.4, -0.2) is 23.0 Å². The monoisotopic (exact) mass is 342 g/mol. The number of sulfonamides is 1. The summed E-state index contributed by atoms with van der Waals surface area (Å²) in [4.78, 5) is 4.78. The second-order valence-corrected chi connectivity index (χ2v) is 7.57. The Hall–Kier alpha value is -1.64. The Kier molecular flexibility index (Phi) is 3.39. The summed E-state index contributed by atoms with van der Waals surface area (Å²) in [5, 5.41) is 5.28. The lowest BCUT2D eigenvalue weighted by molar-refractivity contribution is 0.592. The highest BCUT2D eigenvalue weighted by molar-refractivity contribution is 7.92. The Morgan fingerprint density at radius 3 is 2.71 bits per heavy atom. The van der Waals surface area contributed by atoms with Gasteiger partial charge in [-0.3, -0.25) is 4.72 Å².